The number of phenolic OH excluding ortho intramolecular Hbond substituents is 1. The Bertz CT molecular complexity index is 1230. The molecule has 5 nitrogen and oxygen atoms in total. The number of anilines is 1. The average molecular weight is 500 g/mol. The first-order valence-electron chi connectivity index (χ1n) is 13.6. The highest BCUT2D eigenvalue weighted by Crippen LogP contribution is 2.55. The topological polar surface area (TPSA) is 51.2 Å². The zero-order chi connectivity index (χ0) is 25.4. The Labute approximate surface area is 220 Å². The minimum atomic E-state index is -0.395. The molecule has 0 unspecified atom stereocenters. The summed E-state index contributed by atoms with van der Waals surface area (Å²) in [5.41, 5.74) is 7.19. The molecule has 1 aliphatic carbocycles. The molecule has 5 heteroatoms. The van der Waals surface area contributed by atoms with Crippen LogP contribution in [0, 0.1) is 5.92 Å². The number of nitrogens with zero attached hydrogens (tertiary/aromatic N) is 1. The van der Waals surface area contributed by atoms with E-state index >= 15 is 0 Å². The predicted molar refractivity (Wildman–Crippen MR) is 145 cm³/mol. The number of fused-ring (bicyclic) bond motifs is 3. The van der Waals surface area contributed by atoms with Crippen LogP contribution in [0.25, 0.3) is 0 Å². The van der Waals surface area contributed by atoms with Gasteiger partial charge >= 0.3 is 0 Å². The maximum Gasteiger partial charge on any atom is 0.159 e. The summed E-state index contributed by atoms with van der Waals surface area (Å²) in [4.78, 5) is 2.47. The molecule has 2 aliphatic heterocycles. The van der Waals surface area contributed by atoms with Gasteiger partial charge in [0.25, 0.3) is 0 Å². The lowest BCUT2D eigenvalue weighted by molar-refractivity contribution is -0.141. The number of aromatic hydroxyl groups is 1. The van der Waals surface area contributed by atoms with Gasteiger partial charge in [-0.3, -0.25) is 0 Å². The zero-order valence-corrected chi connectivity index (χ0v) is 21.9. The van der Waals surface area contributed by atoms with Crippen molar-refractivity contribution in [2.75, 3.05) is 32.2 Å². The van der Waals surface area contributed by atoms with E-state index in [4.69, 9.17) is 14.2 Å². The van der Waals surface area contributed by atoms with Crippen LogP contribution in [0.15, 0.2) is 66.7 Å². The molecule has 3 aliphatic rings. The summed E-state index contributed by atoms with van der Waals surface area (Å²) in [5.74, 6) is 0.801. The van der Waals surface area contributed by atoms with Crippen LogP contribution in [0.2, 0.25) is 0 Å². The van der Waals surface area contributed by atoms with Crippen molar-refractivity contribution in [2.45, 2.75) is 56.5 Å². The molecule has 1 spiro atoms. The summed E-state index contributed by atoms with van der Waals surface area (Å²) in [6.45, 7) is 2.52. The first-order chi connectivity index (χ1) is 18.1. The van der Waals surface area contributed by atoms with Crippen LogP contribution in [0.1, 0.15) is 59.4 Å². The summed E-state index contributed by atoms with van der Waals surface area (Å²) in [7, 11) is 3.45. The number of benzene rings is 3. The van der Waals surface area contributed by atoms with E-state index in [9.17, 15) is 5.11 Å². The number of rotatable bonds is 5. The summed E-state index contributed by atoms with van der Waals surface area (Å²) in [6, 6.07) is 23.7. The van der Waals surface area contributed by atoms with Gasteiger partial charge in [0, 0.05) is 44.8 Å². The van der Waals surface area contributed by atoms with E-state index in [0.29, 0.717) is 18.3 Å². The highest BCUT2D eigenvalue weighted by atomic mass is 16.7. The Kier molecular flexibility index (Phi) is 6.70. The number of hydrogen-bond acceptors (Lipinski definition) is 5. The van der Waals surface area contributed by atoms with Crippen LogP contribution in [-0.4, -0.2) is 38.7 Å². The number of hydrogen-bond donors (Lipinski definition) is 1. The van der Waals surface area contributed by atoms with E-state index in [1.807, 2.05) is 12.1 Å². The molecule has 2 atom stereocenters. The van der Waals surface area contributed by atoms with E-state index < -0.39 is 5.60 Å². The third-order valence-electron chi connectivity index (χ3n) is 8.84. The highest BCUT2D eigenvalue weighted by molar-refractivity contribution is 5.54. The summed E-state index contributed by atoms with van der Waals surface area (Å²) in [6.07, 6.45) is 5.19. The monoisotopic (exact) mass is 499 g/mol. The molecular formula is C32H37NO4. The lowest BCUT2D eigenvalue weighted by Gasteiger charge is -2.48. The third-order valence-corrected chi connectivity index (χ3v) is 8.84. The molecule has 6 rings (SSSR count). The van der Waals surface area contributed by atoms with Gasteiger partial charge in [-0.15, -0.1) is 0 Å². The van der Waals surface area contributed by atoms with Gasteiger partial charge in [0.05, 0.1) is 6.61 Å². The Balaban J connectivity index is 1.33. The van der Waals surface area contributed by atoms with Gasteiger partial charge in [-0.1, -0.05) is 42.5 Å². The fourth-order valence-corrected chi connectivity index (χ4v) is 7.05. The van der Waals surface area contributed by atoms with Crippen molar-refractivity contribution in [2.24, 2.45) is 5.92 Å². The Morgan fingerprint density at radius 3 is 2.46 bits per heavy atom. The largest absolute Gasteiger partial charge is 0.508 e. The van der Waals surface area contributed by atoms with Gasteiger partial charge in [0.15, 0.2) is 6.29 Å². The number of phenols is 1. The maximum atomic E-state index is 10.2. The molecule has 3 aromatic carbocycles. The molecule has 3 aromatic rings. The van der Waals surface area contributed by atoms with Crippen LogP contribution in [0.3, 0.4) is 0 Å². The van der Waals surface area contributed by atoms with Crippen LogP contribution >= 0.6 is 0 Å². The lowest BCUT2D eigenvalue weighted by Crippen LogP contribution is -2.43. The summed E-state index contributed by atoms with van der Waals surface area (Å²) < 4.78 is 17.9. The van der Waals surface area contributed by atoms with E-state index in [-0.39, 0.29) is 12.2 Å². The van der Waals surface area contributed by atoms with Crippen molar-refractivity contribution >= 4 is 5.69 Å². The Morgan fingerprint density at radius 2 is 1.70 bits per heavy atom. The SMILES string of the molecule is COC(OC)C1CCN(c2ccc([C@H]3c4ccc(O)cc4CO[C@@]34CCCc3ccccc34)cc2)CC1. The molecule has 0 amide bonds. The van der Waals surface area contributed by atoms with Crippen molar-refractivity contribution in [3.8, 4) is 5.75 Å². The van der Waals surface area contributed by atoms with Crippen molar-refractivity contribution in [3.05, 3.63) is 94.5 Å². The standard InChI is InChI=1S/C32H37NO4/c1-35-31(36-2)24-15-18-33(19-16-24)26-11-9-23(10-12-26)30-28-14-13-27(34)20-25(28)21-37-32(30)17-5-7-22-6-3-4-8-29(22)32/h3-4,6,8-14,20,24,30-31,34H,5,7,15-19,21H2,1-2H3/t30-,32+/m0/s1. The van der Waals surface area contributed by atoms with Crippen molar-refractivity contribution in [1.82, 2.24) is 0 Å². The molecule has 1 N–H and O–H groups in total. The number of methoxy groups -OCH3 is 2. The molecule has 0 saturated carbocycles. The van der Waals surface area contributed by atoms with Crippen LogP contribution in [0.4, 0.5) is 5.69 Å². The molecule has 1 fully saturated rings. The van der Waals surface area contributed by atoms with E-state index in [2.05, 4.69) is 59.5 Å². The molecule has 0 radical (unpaired) electrons. The number of ether oxygens (including phenoxy) is 3. The quantitative estimate of drug-likeness (QED) is 0.429. The second-order valence-corrected chi connectivity index (χ2v) is 10.8. The minimum absolute atomic E-state index is 0.0715. The van der Waals surface area contributed by atoms with Crippen LogP contribution in [0.5, 0.6) is 5.75 Å². The van der Waals surface area contributed by atoms with Gasteiger partial charge in [0.1, 0.15) is 11.4 Å². The minimum Gasteiger partial charge on any atom is -0.508 e. The normalized spacial score (nSPS) is 23.8. The third kappa shape index (κ3) is 4.33. The molecular weight excluding hydrogens is 462 g/mol. The average Bonchev–Trinajstić information content (AvgIpc) is 2.95. The number of aryl methyl sites for hydroxylation is 1. The maximum absolute atomic E-state index is 10.2. The highest BCUT2D eigenvalue weighted by Gasteiger charge is 2.49. The van der Waals surface area contributed by atoms with E-state index in [0.717, 1.165) is 50.8 Å². The Morgan fingerprint density at radius 1 is 0.946 bits per heavy atom. The Hall–Kier alpha value is -2.86. The van der Waals surface area contributed by atoms with Gasteiger partial charge in [0.2, 0.25) is 0 Å². The first-order valence-corrected chi connectivity index (χ1v) is 13.6. The van der Waals surface area contributed by atoms with Gasteiger partial charge in [-0.25, -0.2) is 0 Å². The smallest absolute Gasteiger partial charge is 0.159 e. The first kappa shape index (κ1) is 24.5. The molecule has 0 bridgehead atoms. The van der Waals surface area contributed by atoms with Crippen LogP contribution < -0.4 is 4.90 Å². The summed E-state index contributed by atoms with van der Waals surface area (Å²) in [5, 5.41) is 10.2. The second kappa shape index (κ2) is 10.1. The van der Waals surface area contributed by atoms with Crippen LogP contribution in [-0.2, 0) is 32.8 Å². The molecule has 194 valence electrons. The fourth-order valence-electron chi connectivity index (χ4n) is 7.05. The van der Waals surface area contributed by atoms with Gasteiger partial charge in [-0.2, -0.15) is 0 Å². The van der Waals surface area contributed by atoms with Gasteiger partial charge in [-0.05, 0) is 84.2 Å². The van der Waals surface area contributed by atoms with Crippen molar-refractivity contribution in [1.29, 1.82) is 0 Å². The zero-order valence-electron chi connectivity index (χ0n) is 21.9. The molecule has 0 aromatic heterocycles. The summed E-state index contributed by atoms with van der Waals surface area (Å²) >= 11 is 0. The molecule has 1 saturated heterocycles. The van der Waals surface area contributed by atoms with Gasteiger partial charge < -0.3 is 24.2 Å². The fraction of sp³-hybridized carbons (Fsp3) is 0.438. The number of piperidine rings is 1. The molecule has 2 heterocycles. The lowest BCUT2D eigenvalue weighted by atomic mass is 9.65. The predicted octanol–water partition coefficient (Wildman–Crippen LogP) is 6.12. The van der Waals surface area contributed by atoms with Crippen molar-refractivity contribution < 1.29 is 19.3 Å². The van der Waals surface area contributed by atoms with E-state index in [1.54, 1.807) is 14.2 Å². The molecule has 37 heavy (non-hydrogen) atoms. The second-order valence-electron chi connectivity index (χ2n) is 10.8. The van der Waals surface area contributed by atoms with Crippen molar-refractivity contribution in [3.63, 3.8) is 0 Å². The van der Waals surface area contributed by atoms with E-state index in [1.165, 1.54) is 27.9 Å².